The first kappa shape index (κ1) is 10.9. The van der Waals surface area contributed by atoms with Gasteiger partial charge >= 0.3 is 0 Å². The summed E-state index contributed by atoms with van der Waals surface area (Å²) in [6, 6.07) is 2.89. The summed E-state index contributed by atoms with van der Waals surface area (Å²) in [5.74, 6) is 0. The molecule has 0 saturated carbocycles. The standard InChI is InChI=1S/C11H20N4/c1-11(13,8-12)9-14-5-6-15-4-2-3-10(15)7-14/h10H,2-7,9,13H2,1H3. The smallest absolute Gasteiger partial charge is 0.114 e. The van der Waals surface area contributed by atoms with Gasteiger partial charge in [-0.25, -0.2) is 0 Å². The summed E-state index contributed by atoms with van der Waals surface area (Å²) in [6.07, 6.45) is 2.64. The molecule has 2 atom stereocenters. The first-order valence-electron chi connectivity index (χ1n) is 5.77. The third-order valence-electron chi connectivity index (χ3n) is 3.48. The average molecular weight is 208 g/mol. The van der Waals surface area contributed by atoms with Gasteiger partial charge in [0.05, 0.1) is 6.07 Å². The van der Waals surface area contributed by atoms with Crippen molar-refractivity contribution >= 4 is 0 Å². The molecule has 0 aromatic heterocycles. The Bertz CT molecular complexity index is 268. The van der Waals surface area contributed by atoms with Crippen molar-refractivity contribution in [2.45, 2.75) is 31.3 Å². The van der Waals surface area contributed by atoms with Crippen molar-refractivity contribution in [2.75, 3.05) is 32.7 Å². The first-order valence-corrected chi connectivity index (χ1v) is 5.77. The van der Waals surface area contributed by atoms with Gasteiger partial charge in [0.25, 0.3) is 0 Å². The predicted octanol–water partition coefficient (Wildman–Crippen LogP) is 0.00738. The average Bonchev–Trinajstić information content (AvgIpc) is 2.64. The summed E-state index contributed by atoms with van der Waals surface area (Å²) in [5.41, 5.74) is 5.17. The molecule has 84 valence electrons. The van der Waals surface area contributed by atoms with E-state index in [9.17, 15) is 0 Å². The van der Waals surface area contributed by atoms with Crippen LogP contribution in [0.5, 0.6) is 0 Å². The minimum atomic E-state index is -0.694. The van der Waals surface area contributed by atoms with Gasteiger partial charge in [-0.3, -0.25) is 9.80 Å². The molecule has 0 amide bonds. The molecule has 0 aromatic carbocycles. The van der Waals surface area contributed by atoms with Crippen LogP contribution in [0.2, 0.25) is 0 Å². The maximum absolute atomic E-state index is 8.90. The van der Waals surface area contributed by atoms with Crippen LogP contribution in [0.15, 0.2) is 0 Å². The van der Waals surface area contributed by atoms with Gasteiger partial charge < -0.3 is 5.73 Å². The molecule has 2 fully saturated rings. The van der Waals surface area contributed by atoms with Crippen molar-refractivity contribution in [2.24, 2.45) is 5.73 Å². The first-order chi connectivity index (χ1) is 7.11. The number of rotatable bonds is 2. The van der Waals surface area contributed by atoms with E-state index < -0.39 is 5.54 Å². The molecule has 2 aliphatic rings. The summed E-state index contributed by atoms with van der Waals surface area (Å²) in [4.78, 5) is 4.91. The topological polar surface area (TPSA) is 56.3 Å². The molecule has 2 unspecified atom stereocenters. The Morgan fingerprint density at radius 1 is 1.47 bits per heavy atom. The third-order valence-corrected chi connectivity index (χ3v) is 3.48. The van der Waals surface area contributed by atoms with E-state index in [1.165, 1.54) is 19.4 Å². The molecule has 0 radical (unpaired) electrons. The normalized spacial score (nSPS) is 31.9. The second kappa shape index (κ2) is 4.09. The van der Waals surface area contributed by atoms with E-state index in [4.69, 9.17) is 11.0 Å². The summed E-state index contributed by atoms with van der Waals surface area (Å²) >= 11 is 0. The molecule has 0 aromatic rings. The number of hydrogen-bond donors (Lipinski definition) is 1. The van der Waals surface area contributed by atoms with Gasteiger partial charge in [0.2, 0.25) is 0 Å². The predicted molar refractivity (Wildman–Crippen MR) is 59.2 cm³/mol. The largest absolute Gasteiger partial charge is 0.313 e. The lowest BCUT2D eigenvalue weighted by Crippen LogP contribution is -2.55. The van der Waals surface area contributed by atoms with E-state index in [1.54, 1.807) is 0 Å². The quantitative estimate of drug-likeness (QED) is 0.694. The van der Waals surface area contributed by atoms with Crippen LogP contribution in [0.3, 0.4) is 0 Å². The van der Waals surface area contributed by atoms with Crippen LogP contribution < -0.4 is 5.73 Å². The molecule has 0 spiro atoms. The van der Waals surface area contributed by atoms with Crippen LogP contribution >= 0.6 is 0 Å². The van der Waals surface area contributed by atoms with Crippen molar-refractivity contribution < 1.29 is 0 Å². The Kier molecular flexibility index (Phi) is 2.96. The number of hydrogen-bond acceptors (Lipinski definition) is 4. The minimum Gasteiger partial charge on any atom is -0.313 e. The van der Waals surface area contributed by atoms with Crippen LogP contribution in [0.25, 0.3) is 0 Å². The van der Waals surface area contributed by atoms with Crippen molar-refractivity contribution in [1.82, 2.24) is 9.80 Å². The van der Waals surface area contributed by atoms with Crippen LogP contribution in [-0.4, -0.2) is 54.1 Å². The molecule has 2 heterocycles. The number of nitrogens with two attached hydrogens (primary N) is 1. The molecule has 0 bridgehead atoms. The molecular formula is C11H20N4. The molecular weight excluding hydrogens is 188 g/mol. The van der Waals surface area contributed by atoms with E-state index in [2.05, 4.69) is 15.9 Å². The van der Waals surface area contributed by atoms with Crippen LogP contribution in [0.1, 0.15) is 19.8 Å². The van der Waals surface area contributed by atoms with E-state index in [0.29, 0.717) is 12.6 Å². The van der Waals surface area contributed by atoms with Gasteiger partial charge in [0.15, 0.2) is 0 Å². The summed E-state index contributed by atoms with van der Waals surface area (Å²) in [6.45, 7) is 7.07. The van der Waals surface area contributed by atoms with Crippen molar-refractivity contribution in [3.8, 4) is 6.07 Å². The highest BCUT2D eigenvalue weighted by Gasteiger charge is 2.32. The number of nitrogens with zero attached hydrogens (tertiary/aromatic N) is 3. The fourth-order valence-electron chi connectivity index (χ4n) is 2.70. The summed E-state index contributed by atoms with van der Waals surface area (Å²) in [7, 11) is 0. The van der Waals surface area contributed by atoms with E-state index in [-0.39, 0.29) is 0 Å². The minimum absolute atomic E-state index is 0.694. The Balaban J connectivity index is 1.88. The lowest BCUT2D eigenvalue weighted by Gasteiger charge is -2.39. The molecule has 2 saturated heterocycles. The highest BCUT2D eigenvalue weighted by Crippen LogP contribution is 2.21. The van der Waals surface area contributed by atoms with Gasteiger partial charge in [-0.1, -0.05) is 0 Å². The lowest BCUT2D eigenvalue weighted by atomic mass is 10.0. The zero-order valence-electron chi connectivity index (χ0n) is 9.45. The molecule has 2 rings (SSSR count). The van der Waals surface area contributed by atoms with Gasteiger partial charge in [-0.05, 0) is 26.3 Å². The fraction of sp³-hybridized carbons (Fsp3) is 0.909. The lowest BCUT2D eigenvalue weighted by molar-refractivity contribution is 0.0950. The van der Waals surface area contributed by atoms with Gasteiger partial charge in [-0.2, -0.15) is 5.26 Å². The van der Waals surface area contributed by atoms with Gasteiger partial charge in [0.1, 0.15) is 5.54 Å². The molecule has 2 N–H and O–H groups in total. The van der Waals surface area contributed by atoms with Gasteiger partial charge in [-0.15, -0.1) is 0 Å². The molecule has 2 aliphatic heterocycles. The Morgan fingerprint density at radius 2 is 2.27 bits per heavy atom. The Labute approximate surface area is 91.6 Å². The Hall–Kier alpha value is -0.630. The van der Waals surface area contributed by atoms with Crippen LogP contribution in [0, 0.1) is 11.3 Å². The highest BCUT2D eigenvalue weighted by atomic mass is 15.3. The summed E-state index contributed by atoms with van der Waals surface area (Å²) in [5, 5.41) is 8.90. The van der Waals surface area contributed by atoms with Gasteiger partial charge in [0, 0.05) is 32.2 Å². The number of fused-ring (bicyclic) bond motifs is 1. The molecule has 4 nitrogen and oxygen atoms in total. The van der Waals surface area contributed by atoms with E-state index in [1.807, 2.05) is 6.92 Å². The summed E-state index contributed by atoms with van der Waals surface area (Å²) < 4.78 is 0. The second-order valence-electron chi connectivity index (χ2n) is 5.10. The van der Waals surface area contributed by atoms with Crippen LogP contribution in [-0.2, 0) is 0 Å². The molecule has 4 heteroatoms. The fourth-order valence-corrected chi connectivity index (χ4v) is 2.70. The Morgan fingerprint density at radius 3 is 3.00 bits per heavy atom. The zero-order valence-corrected chi connectivity index (χ0v) is 9.45. The number of piperazine rings is 1. The monoisotopic (exact) mass is 208 g/mol. The second-order valence-corrected chi connectivity index (χ2v) is 5.10. The van der Waals surface area contributed by atoms with E-state index >= 15 is 0 Å². The van der Waals surface area contributed by atoms with E-state index in [0.717, 1.165) is 19.6 Å². The zero-order chi connectivity index (χ0) is 10.9. The molecule has 0 aliphatic carbocycles. The molecule has 15 heavy (non-hydrogen) atoms. The van der Waals surface area contributed by atoms with Crippen molar-refractivity contribution in [3.05, 3.63) is 0 Å². The maximum Gasteiger partial charge on any atom is 0.114 e. The van der Waals surface area contributed by atoms with Crippen molar-refractivity contribution in [3.63, 3.8) is 0 Å². The highest BCUT2D eigenvalue weighted by molar-refractivity contribution is 5.04. The van der Waals surface area contributed by atoms with Crippen molar-refractivity contribution in [1.29, 1.82) is 5.26 Å². The SMILES string of the molecule is CC(N)(C#N)CN1CCN2CCCC2C1. The van der Waals surface area contributed by atoms with Crippen LogP contribution in [0.4, 0.5) is 0 Å². The maximum atomic E-state index is 8.90. The third kappa shape index (κ3) is 2.49. The number of nitriles is 1.